The first-order chi connectivity index (χ1) is 5.27. The van der Waals surface area contributed by atoms with E-state index in [1.807, 2.05) is 0 Å². The van der Waals surface area contributed by atoms with Gasteiger partial charge in [0, 0.05) is 12.8 Å². The molecule has 1 fully saturated rings. The summed E-state index contributed by atoms with van der Waals surface area (Å²) in [6.07, 6.45) is 4.01. The number of carbonyl (C=O) groups is 1. The van der Waals surface area contributed by atoms with Crippen LogP contribution in [0, 0.1) is 0 Å². The van der Waals surface area contributed by atoms with E-state index in [9.17, 15) is 4.79 Å². The van der Waals surface area contributed by atoms with Gasteiger partial charge in [-0.1, -0.05) is 0 Å². The Hall–Kier alpha value is -1.12. The second-order valence-corrected chi connectivity index (χ2v) is 2.90. The molecule has 0 N–H and O–H groups in total. The van der Waals surface area contributed by atoms with Crippen LogP contribution >= 0.6 is 0 Å². The summed E-state index contributed by atoms with van der Waals surface area (Å²) < 4.78 is 5.21. The van der Waals surface area contributed by atoms with E-state index in [0.717, 1.165) is 5.76 Å². The molecule has 0 spiro atoms. The molecule has 0 unspecified atom stereocenters. The van der Waals surface area contributed by atoms with Crippen molar-refractivity contribution >= 4 is 5.78 Å². The number of hydrogen-bond donors (Lipinski definition) is 0. The maximum atomic E-state index is 10.7. The predicted octanol–water partition coefficient (Wildman–Crippen LogP) is 1.75. The molecule has 0 radical (unpaired) electrons. The monoisotopic (exact) mass is 151 g/mol. The zero-order chi connectivity index (χ0) is 7.84. The molecule has 1 aliphatic carbocycles. The van der Waals surface area contributed by atoms with Gasteiger partial charge in [-0.3, -0.25) is 4.79 Å². The third-order valence-electron chi connectivity index (χ3n) is 1.80. The van der Waals surface area contributed by atoms with Crippen LogP contribution < -0.4 is 0 Å². The molecule has 58 valence electrons. The Labute approximate surface area is 64.4 Å². The number of Topliss-reactive ketones (excluding diaryl/α,β-unsaturated/α-hetero) is 1. The highest BCUT2D eigenvalue weighted by atomic mass is 16.4. The molecule has 1 aliphatic rings. The van der Waals surface area contributed by atoms with E-state index in [0.29, 0.717) is 5.92 Å². The lowest BCUT2D eigenvalue weighted by molar-refractivity contribution is 0.0979. The second kappa shape index (κ2) is 2.19. The predicted molar refractivity (Wildman–Crippen MR) is 38.5 cm³/mol. The van der Waals surface area contributed by atoms with Gasteiger partial charge in [-0.25, -0.2) is 4.98 Å². The highest BCUT2D eigenvalue weighted by Crippen LogP contribution is 2.40. The van der Waals surface area contributed by atoms with Crippen molar-refractivity contribution in [3.8, 4) is 0 Å². The summed E-state index contributed by atoms with van der Waals surface area (Å²) in [7, 11) is 0. The summed E-state index contributed by atoms with van der Waals surface area (Å²) in [4.78, 5) is 14.6. The average molecular weight is 151 g/mol. The van der Waals surface area contributed by atoms with Gasteiger partial charge in [0.15, 0.2) is 0 Å². The number of oxazole rings is 1. The molecule has 3 heteroatoms. The van der Waals surface area contributed by atoms with E-state index in [4.69, 9.17) is 4.42 Å². The molecule has 0 atom stereocenters. The van der Waals surface area contributed by atoms with Crippen molar-refractivity contribution in [2.24, 2.45) is 0 Å². The Balaban J connectivity index is 2.25. The van der Waals surface area contributed by atoms with E-state index in [1.54, 1.807) is 6.20 Å². The lowest BCUT2D eigenvalue weighted by Gasteiger charge is -1.85. The number of nitrogens with zero attached hydrogens (tertiary/aromatic N) is 1. The Morgan fingerprint density at radius 1 is 1.73 bits per heavy atom. The van der Waals surface area contributed by atoms with E-state index >= 15 is 0 Å². The van der Waals surface area contributed by atoms with Gasteiger partial charge in [0.2, 0.25) is 5.78 Å². The van der Waals surface area contributed by atoms with Crippen molar-refractivity contribution in [3.63, 3.8) is 0 Å². The summed E-state index contributed by atoms with van der Waals surface area (Å²) in [5.74, 6) is 1.55. The van der Waals surface area contributed by atoms with E-state index in [2.05, 4.69) is 4.98 Å². The van der Waals surface area contributed by atoms with Crippen LogP contribution in [0.2, 0.25) is 0 Å². The zero-order valence-electron chi connectivity index (χ0n) is 6.33. The van der Waals surface area contributed by atoms with Gasteiger partial charge in [0.05, 0.1) is 6.20 Å². The Morgan fingerprint density at radius 3 is 2.91 bits per heavy atom. The SMILES string of the molecule is CC(=O)c1ncc(C2CC2)o1. The second-order valence-electron chi connectivity index (χ2n) is 2.90. The van der Waals surface area contributed by atoms with E-state index < -0.39 is 0 Å². The van der Waals surface area contributed by atoms with Gasteiger partial charge in [-0.05, 0) is 12.8 Å². The van der Waals surface area contributed by atoms with Crippen LogP contribution in [0.15, 0.2) is 10.6 Å². The van der Waals surface area contributed by atoms with Crippen LogP contribution in [0.4, 0.5) is 0 Å². The fraction of sp³-hybridized carbons (Fsp3) is 0.500. The molecule has 1 heterocycles. The Kier molecular flexibility index (Phi) is 1.31. The first kappa shape index (κ1) is 6.58. The molecular formula is C8H9NO2. The summed E-state index contributed by atoms with van der Waals surface area (Å²) in [5.41, 5.74) is 0. The summed E-state index contributed by atoms with van der Waals surface area (Å²) in [5, 5.41) is 0. The van der Waals surface area contributed by atoms with Crippen molar-refractivity contribution < 1.29 is 9.21 Å². The molecular weight excluding hydrogens is 142 g/mol. The van der Waals surface area contributed by atoms with Gasteiger partial charge in [-0.15, -0.1) is 0 Å². The zero-order valence-corrected chi connectivity index (χ0v) is 6.33. The molecule has 0 amide bonds. The van der Waals surface area contributed by atoms with Gasteiger partial charge in [-0.2, -0.15) is 0 Å². The van der Waals surface area contributed by atoms with Crippen molar-refractivity contribution in [2.45, 2.75) is 25.7 Å². The third kappa shape index (κ3) is 1.18. The van der Waals surface area contributed by atoms with E-state index in [-0.39, 0.29) is 11.7 Å². The third-order valence-corrected chi connectivity index (χ3v) is 1.80. The summed E-state index contributed by atoms with van der Waals surface area (Å²) in [6, 6.07) is 0. The minimum atomic E-state index is -0.100. The molecule has 1 aromatic rings. The van der Waals surface area contributed by atoms with Gasteiger partial charge in [0.1, 0.15) is 5.76 Å². The highest BCUT2D eigenvalue weighted by Gasteiger charge is 2.27. The van der Waals surface area contributed by atoms with Crippen molar-refractivity contribution in [3.05, 3.63) is 17.8 Å². The maximum Gasteiger partial charge on any atom is 0.262 e. The lowest BCUT2D eigenvalue weighted by Crippen LogP contribution is -1.89. The first-order valence-corrected chi connectivity index (χ1v) is 3.74. The molecule has 0 aliphatic heterocycles. The minimum absolute atomic E-state index is 0.100. The van der Waals surface area contributed by atoms with Gasteiger partial charge < -0.3 is 4.42 Å². The van der Waals surface area contributed by atoms with Crippen LogP contribution in [0.1, 0.15) is 42.1 Å². The minimum Gasteiger partial charge on any atom is -0.439 e. The largest absolute Gasteiger partial charge is 0.439 e. The van der Waals surface area contributed by atoms with E-state index in [1.165, 1.54) is 19.8 Å². The summed E-state index contributed by atoms with van der Waals surface area (Å²) >= 11 is 0. The molecule has 0 saturated heterocycles. The van der Waals surface area contributed by atoms with Crippen LogP contribution in [0.3, 0.4) is 0 Å². The standard InChI is InChI=1S/C8H9NO2/c1-5(10)8-9-4-7(11-8)6-2-3-6/h4,6H,2-3H2,1H3. The number of aromatic nitrogens is 1. The quantitative estimate of drug-likeness (QED) is 0.605. The molecule has 0 bridgehead atoms. The molecule has 1 aromatic heterocycles. The van der Waals surface area contributed by atoms with Crippen LogP contribution in [0.25, 0.3) is 0 Å². The number of carbonyl (C=O) groups excluding carboxylic acids is 1. The van der Waals surface area contributed by atoms with Gasteiger partial charge >= 0.3 is 0 Å². The van der Waals surface area contributed by atoms with Gasteiger partial charge in [0.25, 0.3) is 5.89 Å². The maximum absolute atomic E-state index is 10.7. The molecule has 0 aromatic carbocycles. The highest BCUT2D eigenvalue weighted by molar-refractivity contribution is 5.89. The molecule has 11 heavy (non-hydrogen) atoms. The summed E-state index contributed by atoms with van der Waals surface area (Å²) in [6.45, 7) is 1.46. The lowest BCUT2D eigenvalue weighted by atomic mass is 10.3. The smallest absolute Gasteiger partial charge is 0.262 e. The topological polar surface area (TPSA) is 43.1 Å². The number of ketones is 1. The molecule has 3 nitrogen and oxygen atoms in total. The number of hydrogen-bond acceptors (Lipinski definition) is 3. The van der Waals surface area contributed by atoms with Crippen LogP contribution in [-0.4, -0.2) is 10.8 Å². The fourth-order valence-corrected chi connectivity index (χ4v) is 1.01. The number of rotatable bonds is 2. The molecule has 1 saturated carbocycles. The van der Waals surface area contributed by atoms with Crippen molar-refractivity contribution in [2.75, 3.05) is 0 Å². The van der Waals surface area contributed by atoms with Crippen molar-refractivity contribution in [1.29, 1.82) is 0 Å². The fourth-order valence-electron chi connectivity index (χ4n) is 1.01. The molecule has 2 rings (SSSR count). The Morgan fingerprint density at radius 2 is 2.45 bits per heavy atom. The van der Waals surface area contributed by atoms with Crippen LogP contribution in [-0.2, 0) is 0 Å². The Bertz CT molecular complexity index is 286. The first-order valence-electron chi connectivity index (χ1n) is 3.74. The normalized spacial score (nSPS) is 16.8. The van der Waals surface area contributed by atoms with Crippen LogP contribution in [0.5, 0.6) is 0 Å². The average Bonchev–Trinajstić information content (AvgIpc) is 2.68. The van der Waals surface area contributed by atoms with Crippen molar-refractivity contribution in [1.82, 2.24) is 4.98 Å².